The Labute approximate surface area is 130 Å². The molecule has 0 aliphatic heterocycles. The number of carbonyl (C=O) groups excluding carboxylic acids is 1. The van der Waals surface area contributed by atoms with Crippen molar-refractivity contribution < 1.29 is 14.3 Å². The molecular weight excluding hydrogens is 282 g/mol. The van der Waals surface area contributed by atoms with Gasteiger partial charge < -0.3 is 19.8 Å². The number of esters is 1. The molecular formula is C16H23N3O3. The smallest absolute Gasteiger partial charge is 0.328 e. The van der Waals surface area contributed by atoms with E-state index >= 15 is 0 Å². The molecule has 0 fully saturated rings. The molecule has 6 nitrogen and oxygen atoms in total. The van der Waals surface area contributed by atoms with Gasteiger partial charge in [0.1, 0.15) is 24.0 Å². The highest BCUT2D eigenvalue weighted by Gasteiger charge is 2.24. The monoisotopic (exact) mass is 305 g/mol. The number of anilines is 1. The first kappa shape index (κ1) is 16.3. The topological polar surface area (TPSA) is 79.4 Å². The fraction of sp³-hybridized carbons (Fsp3) is 0.500. The van der Waals surface area contributed by atoms with E-state index in [2.05, 4.69) is 4.98 Å². The third-order valence-corrected chi connectivity index (χ3v) is 3.56. The molecule has 2 N–H and O–H groups in total. The molecule has 1 unspecified atom stereocenters. The maximum atomic E-state index is 12.3. The van der Waals surface area contributed by atoms with Gasteiger partial charge in [-0.15, -0.1) is 0 Å². The molecule has 0 bridgehead atoms. The van der Waals surface area contributed by atoms with Gasteiger partial charge in [0.05, 0.1) is 17.8 Å². The number of rotatable bonds is 6. The Morgan fingerprint density at radius 1 is 1.32 bits per heavy atom. The molecule has 0 amide bonds. The molecule has 1 aromatic carbocycles. The summed E-state index contributed by atoms with van der Waals surface area (Å²) in [6, 6.07) is 5.12. The van der Waals surface area contributed by atoms with E-state index in [4.69, 9.17) is 15.2 Å². The SMILES string of the molecule is COCCOC(=O)C(C)n1c(C(C)C)nc2c(N)cccc21. The Morgan fingerprint density at radius 3 is 2.68 bits per heavy atom. The van der Waals surface area contributed by atoms with Crippen molar-refractivity contribution >= 4 is 22.7 Å². The third kappa shape index (κ3) is 3.06. The molecule has 6 heteroatoms. The van der Waals surface area contributed by atoms with Gasteiger partial charge in [-0.3, -0.25) is 0 Å². The van der Waals surface area contributed by atoms with Crippen molar-refractivity contribution in [3.05, 3.63) is 24.0 Å². The minimum Gasteiger partial charge on any atom is -0.462 e. The van der Waals surface area contributed by atoms with E-state index in [-0.39, 0.29) is 18.5 Å². The number of aromatic nitrogens is 2. The molecule has 22 heavy (non-hydrogen) atoms. The summed E-state index contributed by atoms with van der Waals surface area (Å²) in [7, 11) is 1.57. The van der Waals surface area contributed by atoms with Gasteiger partial charge in [-0.25, -0.2) is 9.78 Å². The average molecular weight is 305 g/mol. The molecule has 0 spiro atoms. The molecule has 0 saturated carbocycles. The van der Waals surface area contributed by atoms with Gasteiger partial charge in [-0.1, -0.05) is 19.9 Å². The van der Waals surface area contributed by atoms with Gasteiger partial charge >= 0.3 is 5.97 Å². The van der Waals surface area contributed by atoms with Gasteiger partial charge in [0.2, 0.25) is 0 Å². The number of para-hydroxylation sites is 1. The first-order valence-corrected chi connectivity index (χ1v) is 7.39. The van der Waals surface area contributed by atoms with Crippen LogP contribution in [-0.4, -0.2) is 35.8 Å². The van der Waals surface area contributed by atoms with Crippen LogP contribution in [0.3, 0.4) is 0 Å². The molecule has 120 valence electrons. The molecule has 0 saturated heterocycles. The van der Waals surface area contributed by atoms with E-state index < -0.39 is 6.04 Å². The van der Waals surface area contributed by atoms with Gasteiger partial charge in [0.25, 0.3) is 0 Å². The molecule has 0 aliphatic carbocycles. The van der Waals surface area contributed by atoms with Gasteiger partial charge in [0, 0.05) is 13.0 Å². The second-order valence-electron chi connectivity index (χ2n) is 5.55. The van der Waals surface area contributed by atoms with E-state index in [0.29, 0.717) is 12.3 Å². The summed E-state index contributed by atoms with van der Waals surface area (Å²) in [4.78, 5) is 16.9. The lowest BCUT2D eigenvalue weighted by Crippen LogP contribution is -2.22. The zero-order valence-corrected chi connectivity index (χ0v) is 13.5. The number of hydrogen-bond acceptors (Lipinski definition) is 5. The summed E-state index contributed by atoms with van der Waals surface area (Å²) in [6.07, 6.45) is 0. The zero-order chi connectivity index (χ0) is 16.3. The highest BCUT2D eigenvalue weighted by molar-refractivity contribution is 5.89. The summed E-state index contributed by atoms with van der Waals surface area (Å²) >= 11 is 0. The Morgan fingerprint density at radius 2 is 2.05 bits per heavy atom. The number of benzene rings is 1. The third-order valence-electron chi connectivity index (χ3n) is 3.56. The van der Waals surface area contributed by atoms with Gasteiger partial charge in [-0.05, 0) is 19.1 Å². The van der Waals surface area contributed by atoms with E-state index in [0.717, 1.165) is 16.9 Å². The maximum absolute atomic E-state index is 12.3. The summed E-state index contributed by atoms with van der Waals surface area (Å²) in [5, 5.41) is 0. The fourth-order valence-electron chi connectivity index (χ4n) is 2.42. The number of nitrogens with two attached hydrogens (primary N) is 1. The van der Waals surface area contributed by atoms with Crippen LogP contribution in [-0.2, 0) is 14.3 Å². The number of fused-ring (bicyclic) bond motifs is 1. The lowest BCUT2D eigenvalue weighted by molar-refractivity contribution is -0.148. The number of nitrogen functional groups attached to an aromatic ring is 1. The molecule has 1 heterocycles. The van der Waals surface area contributed by atoms with Gasteiger partial charge in [0.15, 0.2) is 0 Å². The summed E-state index contributed by atoms with van der Waals surface area (Å²) in [5.74, 6) is 0.686. The minimum atomic E-state index is -0.471. The Kier molecular flexibility index (Phi) is 5.03. The average Bonchev–Trinajstić information content (AvgIpc) is 2.87. The van der Waals surface area contributed by atoms with E-state index in [1.807, 2.05) is 43.5 Å². The maximum Gasteiger partial charge on any atom is 0.328 e. The van der Waals surface area contributed by atoms with Crippen LogP contribution in [0.1, 0.15) is 38.6 Å². The van der Waals surface area contributed by atoms with Crippen molar-refractivity contribution in [2.75, 3.05) is 26.1 Å². The Bertz CT molecular complexity index is 664. The molecule has 0 radical (unpaired) electrons. The summed E-state index contributed by atoms with van der Waals surface area (Å²) in [5.41, 5.74) is 8.19. The van der Waals surface area contributed by atoms with Crippen LogP contribution in [0.5, 0.6) is 0 Å². The van der Waals surface area contributed by atoms with Crippen LogP contribution in [0.2, 0.25) is 0 Å². The Hall–Kier alpha value is -2.08. The standard InChI is InChI=1S/C16H23N3O3/c1-10(2)15-18-14-12(17)6-5-7-13(14)19(15)11(3)16(20)22-9-8-21-4/h5-7,10-11H,8-9,17H2,1-4H3. The van der Waals surface area contributed by atoms with Crippen molar-refractivity contribution in [2.24, 2.45) is 0 Å². The molecule has 2 rings (SSSR count). The fourth-order valence-corrected chi connectivity index (χ4v) is 2.42. The van der Waals surface area contributed by atoms with Crippen molar-refractivity contribution in [1.82, 2.24) is 9.55 Å². The lowest BCUT2D eigenvalue weighted by atomic mass is 10.2. The van der Waals surface area contributed by atoms with E-state index in [9.17, 15) is 4.79 Å². The minimum absolute atomic E-state index is 0.168. The predicted molar refractivity (Wildman–Crippen MR) is 85.8 cm³/mol. The first-order valence-electron chi connectivity index (χ1n) is 7.39. The van der Waals surface area contributed by atoms with Crippen LogP contribution in [0.4, 0.5) is 5.69 Å². The second kappa shape index (κ2) is 6.79. The quantitative estimate of drug-likeness (QED) is 0.504. The zero-order valence-electron chi connectivity index (χ0n) is 13.5. The van der Waals surface area contributed by atoms with Crippen molar-refractivity contribution in [1.29, 1.82) is 0 Å². The lowest BCUT2D eigenvalue weighted by Gasteiger charge is -2.18. The van der Waals surface area contributed by atoms with E-state index in [1.165, 1.54) is 0 Å². The molecule has 0 aliphatic rings. The normalized spacial score (nSPS) is 12.8. The number of hydrogen-bond donors (Lipinski definition) is 1. The first-order chi connectivity index (χ1) is 10.5. The summed E-state index contributed by atoms with van der Waals surface area (Å²) in [6.45, 7) is 6.51. The van der Waals surface area contributed by atoms with Gasteiger partial charge in [-0.2, -0.15) is 0 Å². The number of methoxy groups -OCH3 is 1. The van der Waals surface area contributed by atoms with Crippen LogP contribution in [0.15, 0.2) is 18.2 Å². The number of ether oxygens (including phenoxy) is 2. The number of imidazole rings is 1. The number of nitrogens with zero attached hydrogens (tertiary/aromatic N) is 2. The highest BCUT2D eigenvalue weighted by Crippen LogP contribution is 2.29. The van der Waals surface area contributed by atoms with Crippen LogP contribution < -0.4 is 5.73 Å². The highest BCUT2D eigenvalue weighted by atomic mass is 16.6. The largest absolute Gasteiger partial charge is 0.462 e. The van der Waals surface area contributed by atoms with Crippen LogP contribution in [0, 0.1) is 0 Å². The molecule has 1 atom stereocenters. The van der Waals surface area contributed by atoms with E-state index in [1.54, 1.807) is 7.11 Å². The van der Waals surface area contributed by atoms with Crippen molar-refractivity contribution in [3.8, 4) is 0 Å². The van der Waals surface area contributed by atoms with Crippen LogP contribution in [0.25, 0.3) is 11.0 Å². The Balaban J connectivity index is 2.42. The molecule has 2 aromatic rings. The predicted octanol–water partition coefficient (Wildman–Crippen LogP) is 2.49. The summed E-state index contributed by atoms with van der Waals surface area (Å²) < 4.78 is 12.0. The van der Waals surface area contributed by atoms with Crippen molar-refractivity contribution in [2.45, 2.75) is 32.7 Å². The van der Waals surface area contributed by atoms with Crippen LogP contribution >= 0.6 is 0 Å². The molecule has 1 aromatic heterocycles. The number of carbonyl (C=O) groups is 1. The van der Waals surface area contributed by atoms with Crippen molar-refractivity contribution in [3.63, 3.8) is 0 Å². The second-order valence-corrected chi connectivity index (χ2v) is 5.55.